The monoisotopic (exact) mass is 212 g/mol. The zero-order chi connectivity index (χ0) is 10.5. The van der Waals surface area contributed by atoms with Gasteiger partial charge in [-0.2, -0.15) is 0 Å². The molecule has 0 aromatic carbocycles. The van der Waals surface area contributed by atoms with Crippen LogP contribution in [0.25, 0.3) is 0 Å². The van der Waals surface area contributed by atoms with Crippen molar-refractivity contribution in [3.05, 3.63) is 0 Å². The van der Waals surface area contributed by atoms with Crippen LogP contribution in [0.15, 0.2) is 0 Å². The Hall–Kier alpha value is -0.0800. The van der Waals surface area contributed by atoms with Gasteiger partial charge >= 0.3 is 0 Å². The lowest BCUT2D eigenvalue weighted by Gasteiger charge is -2.18. The highest BCUT2D eigenvalue weighted by Gasteiger charge is 2.23. The van der Waals surface area contributed by atoms with E-state index in [1.165, 1.54) is 51.4 Å². The van der Waals surface area contributed by atoms with Gasteiger partial charge in [0.15, 0.2) is 0 Å². The normalized spacial score (nSPS) is 26.2. The third-order valence-corrected chi connectivity index (χ3v) is 4.06. The van der Waals surface area contributed by atoms with Crippen molar-refractivity contribution in [2.24, 2.45) is 11.8 Å². The van der Waals surface area contributed by atoms with Crippen LogP contribution in [-0.4, -0.2) is 24.4 Å². The zero-order valence-electron chi connectivity index (χ0n) is 9.66. The summed E-state index contributed by atoms with van der Waals surface area (Å²) < 4.78 is 5.64. The van der Waals surface area contributed by atoms with Crippen LogP contribution in [0.5, 0.6) is 0 Å². The molecule has 0 bridgehead atoms. The summed E-state index contributed by atoms with van der Waals surface area (Å²) in [6.07, 6.45) is 10.2. The first-order valence-electron chi connectivity index (χ1n) is 6.62. The van der Waals surface area contributed by atoms with Gasteiger partial charge in [0.2, 0.25) is 0 Å². The Kier molecular flexibility index (Phi) is 4.45. The van der Waals surface area contributed by atoms with E-state index in [0.29, 0.717) is 12.5 Å². The standard InChI is InChI=1S/C13H24O2/c14-13(12-7-3-4-8-12)10-15-9-11-5-1-2-6-11/h11-14H,1-10H2. The van der Waals surface area contributed by atoms with E-state index in [0.717, 1.165) is 12.5 Å². The minimum Gasteiger partial charge on any atom is -0.390 e. The first-order chi connectivity index (χ1) is 7.36. The fourth-order valence-corrected chi connectivity index (χ4v) is 3.01. The van der Waals surface area contributed by atoms with Gasteiger partial charge in [0.25, 0.3) is 0 Å². The highest BCUT2D eigenvalue weighted by molar-refractivity contribution is 4.74. The van der Waals surface area contributed by atoms with E-state index in [-0.39, 0.29) is 6.10 Å². The van der Waals surface area contributed by atoms with Gasteiger partial charge in [-0.3, -0.25) is 0 Å². The van der Waals surface area contributed by atoms with Gasteiger partial charge in [-0.05, 0) is 37.5 Å². The summed E-state index contributed by atoms with van der Waals surface area (Å²) in [6, 6.07) is 0. The molecular weight excluding hydrogens is 188 g/mol. The molecule has 2 aliphatic rings. The molecule has 0 heterocycles. The summed E-state index contributed by atoms with van der Waals surface area (Å²) in [7, 11) is 0. The lowest BCUT2D eigenvalue weighted by atomic mass is 10.0. The molecule has 2 fully saturated rings. The maximum atomic E-state index is 9.90. The van der Waals surface area contributed by atoms with Crippen LogP contribution in [0.4, 0.5) is 0 Å². The van der Waals surface area contributed by atoms with Crippen molar-refractivity contribution in [2.45, 2.75) is 57.5 Å². The fourth-order valence-electron chi connectivity index (χ4n) is 3.01. The van der Waals surface area contributed by atoms with Crippen LogP contribution < -0.4 is 0 Å². The Balaban J connectivity index is 1.56. The third kappa shape index (κ3) is 3.46. The molecule has 0 aromatic rings. The van der Waals surface area contributed by atoms with Crippen LogP contribution in [0.1, 0.15) is 51.4 Å². The Morgan fingerprint density at radius 2 is 1.60 bits per heavy atom. The van der Waals surface area contributed by atoms with Crippen LogP contribution in [0, 0.1) is 11.8 Å². The van der Waals surface area contributed by atoms with E-state index in [1.807, 2.05) is 0 Å². The first-order valence-corrected chi connectivity index (χ1v) is 6.62. The van der Waals surface area contributed by atoms with Crippen molar-refractivity contribution in [1.82, 2.24) is 0 Å². The molecule has 0 radical (unpaired) electrons. The van der Waals surface area contributed by atoms with Gasteiger partial charge in [-0.15, -0.1) is 0 Å². The molecule has 1 atom stereocenters. The van der Waals surface area contributed by atoms with Crippen molar-refractivity contribution >= 4 is 0 Å². The summed E-state index contributed by atoms with van der Waals surface area (Å²) in [6.45, 7) is 1.45. The minimum absolute atomic E-state index is 0.200. The Labute approximate surface area is 93.0 Å². The molecule has 2 heteroatoms. The van der Waals surface area contributed by atoms with E-state index in [1.54, 1.807) is 0 Å². The average Bonchev–Trinajstić information content (AvgIpc) is 2.90. The second-order valence-corrected chi connectivity index (χ2v) is 5.30. The van der Waals surface area contributed by atoms with Crippen LogP contribution in [0.3, 0.4) is 0 Å². The molecule has 0 aliphatic heterocycles. The second-order valence-electron chi connectivity index (χ2n) is 5.30. The number of hydrogen-bond donors (Lipinski definition) is 1. The summed E-state index contributed by atoms with van der Waals surface area (Å²) >= 11 is 0. The Bertz CT molecular complexity index is 169. The number of aliphatic hydroxyl groups excluding tert-OH is 1. The number of hydrogen-bond acceptors (Lipinski definition) is 2. The Morgan fingerprint density at radius 1 is 1.00 bits per heavy atom. The van der Waals surface area contributed by atoms with E-state index in [4.69, 9.17) is 4.74 Å². The fraction of sp³-hybridized carbons (Fsp3) is 1.00. The molecule has 15 heavy (non-hydrogen) atoms. The van der Waals surface area contributed by atoms with Gasteiger partial charge in [0.1, 0.15) is 0 Å². The lowest BCUT2D eigenvalue weighted by Crippen LogP contribution is -2.25. The minimum atomic E-state index is -0.200. The molecule has 0 amide bonds. The predicted molar refractivity (Wildman–Crippen MR) is 60.7 cm³/mol. The van der Waals surface area contributed by atoms with Gasteiger partial charge in [-0.1, -0.05) is 25.7 Å². The molecule has 1 N–H and O–H groups in total. The van der Waals surface area contributed by atoms with Crippen LogP contribution in [-0.2, 0) is 4.74 Å². The maximum absolute atomic E-state index is 9.90. The van der Waals surface area contributed by atoms with E-state index in [2.05, 4.69) is 0 Å². The molecule has 88 valence electrons. The molecule has 0 aromatic heterocycles. The molecule has 1 unspecified atom stereocenters. The van der Waals surface area contributed by atoms with Crippen molar-refractivity contribution < 1.29 is 9.84 Å². The van der Waals surface area contributed by atoms with Crippen molar-refractivity contribution in [3.8, 4) is 0 Å². The van der Waals surface area contributed by atoms with Crippen LogP contribution in [0.2, 0.25) is 0 Å². The van der Waals surface area contributed by atoms with Crippen molar-refractivity contribution in [2.75, 3.05) is 13.2 Å². The molecule has 2 saturated carbocycles. The van der Waals surface area contributed by atoms with Crippen LogP contribution >= 0.6 is 0 Å². The topological polar surface area (TPSA) is 29.5 Å². The summed E-state index contributed by atoms with van der Waals surface area (Å²) in [5, 5.41) is 9.90. The summed E-state index contributed by atoms with van der Waals surface area (Å²) in [5.41, 5.74) is 0. The van der Waals surface area contributed by atoms with E-state index >= 15 is 0 Å². The van der Waals surface area contributed by atoms with Gasteiger partial charge < -0.3 is 9.84 Å². The summed E-state index contributed by atoms with van der Waals surface area (Å²) in [5.74, 6) is 1.30. The molecule has 0 saturated heterocycles. The zero-order valence-corrected chi connectivity index (χ0v) is 9.66. The maximum Gasteiger partial charge on any atom is 0.0801 e. The third-order valence-electron chi connectivity index (χ3n) is 4.06. The quantitative estimate of drug-likeness (QED) is 0.759. The second kappa shape index (κ2) is 5.86. The number of ether oxygens (including phenoxy) is 1. The molecular formula is C13H24O2. The molecule has 2 aliphatic carbocycles. The molecule has 2 nitrogen and oxygen atoms in total. The first kappa shape index (κ1) is 11.4. The molecule has 2 rings (SSSR count). The summed E-state index contributed by atoms with van der Waals surface area (Å²) in [4.78, 5) is 0. The Morgan fingerprint density at radius 3 is 2.27 bits per heavy atom. The number of rotatable bonds is 5. The highest BCUT2D eigenvalue weighted by Crippen LogP contribution is 2.28. The number of aliphatic hydroxyl groups is 1. The van der Waals surface area contributed by atoms with Gasteiger partial charge in [-0.25, -0.2) is 0 Å². The average molecular weight is 212 g/mol. The van der Waals surface area contributed by atoms with E-state index in [9.17, 15) is 5.11 Å². The van der Waals surface area contributed by atoms with Crippen molar-refractivity contribution in [1.29, 1.82) is 0 Å². The lowest BCUT2D eigenvalue weighted by molar-refractivity contribution is -0.00462. The van der Waals surface area contributed by atoms with Gasteiger partial charge in [0, 0.05) is 6.61 Å². The van der Waals surface area contributed by atoms with Gasteiger partial charge in [0.05, 0.1) is 12.7 Å². The predicted octanol–water partition coefficient (Wildman–Crippen LogP) is 2.74. The largest absolute Gasteiger partial charge is 0.390 e. The molecule has 0 spiro atoms. The smallest absolute Gasteiger partial charge is 0.0801 e. The highest BCUT2D eigenvalue weighted by atomic mass is 16.5. The SMILES string of the molecule is OC(COCC1CCCC1)C1CCCC1. The van der Waals surface area contributed by atoms with E-state index < -0.39 is 0 Å². The van der Waals surface area contributed by atoms with Crippen molar-refractivity contribution in [3.63, 3.8) is 0 Å².